The zero-order chi connectivity index (χ0) is 24.4. The summed E-state index contributed by atoms with van der Waals surface area (Å²) in [5.74, 6) is 0.778. The number of nitrogens with two attached hydrogens (primary N) is 1. The Hall–Kier alpha value is -3.91. The Morgan fingerprint density at radius 2 is 1.89 bits per heavy atom. The third-order valence-corrected chi connectivity index (χ3v) is 6.86. The molecule has 5 rings (SSSR count). The Bertz CT molecular complexity index is 1330. The summed E-state index contributed by atoms with van der Waals surface area (Å²) in [5.41, 5.74) is 13.7. The SMILES string of the molecule is CCc1c(-c2ccc(C=N)c(N)c2)cc(Nc2ccc(N3CCN(CC)CC3)cn2)c2nccn12. The highest BCUT2D eigenvalue weighted by atomic mass is 15.3. The average molecular weight is 469 g/mol. The number of anilines is 4. The van der Waals surface area contributed by atoms with Crippen molar-refractivity contribution >= 4 is 34.7 Å². The summed E-state index contributed by atoms with van der Waals surface area (Å²) in [6, 6.07) is 12.1. The number of pyridine rings is 2. The Balaban J connectivity index is 1.46. The maximum absolute atomic E-state index is 7.54. The monoisotopic (exact) mass is 468 g/mol. The third kappa shape index (κ3) is 4.44. The lowest BCUT2D eigenvalue weighted by Gasteiger charge is -2.35. The molecule has 3 aromatic heterocycles. The number of nitrogens with zero attached hydrogens (tertiary/aromatic N) is 5. The Morgan fingerprint density at radius 1 is 1.06 bits per heavy atom. The zero-order valence-corrected chi connectivity index (χ0v) is 20.3. The molecule has 1 saturated heterocycles. The highest BCUT2D eigenvalue weighted by Gasteiger charge is 2.17. The lowest BCUT2D eigenvalue weighted by Crippen LogP contribution is -2.46. The van der Waals surface area contributed by atoms with Crippen LogP contribution in [-0.4, -0.2) is 58.2 Å². The molecule has 1 aliphatic rings. The number of nitrogen functional groups attached to an aromatic ring is 1. The number of rotatable bonds is 7. The van der Waals surface area contributed by atoms with Crippen LogP contribution in [0.15, 0.2) is 55.0 Å². The average Bonchev–Trinajstić information content (AvgIpc) is 3.39. The van der Waals surface area contributed by atoms with Crippen LogP contribution in [0.2, 0.25) is 0 Å². The molecular weight excluding hydrogens is 436 g/mol. The molecule has 8 heteroatoms. The molecule has 4 N–H and O–H groups in total. The van der Waals surface area contributed by atoms with Crippen LogP contribution in [0.1, 0.15) is 25.1 Å². The Labute approximate surface area is 205 Å². The summed E-state index contributed by atoms with van der Waals surface area (Å²) < 4.78 is 2.12. The first-order valence-electron chi connectivity index (χ1n) is 12.2. The number of benzene rings is 1. The number of likely N-dealkylation sites (N-methyl/N-ethyl adjacent to an activating group) is 1. The summed E-state index contributed by atoms with van der Waals surface area (Å²) in [6.07, 6.45) is 7.88. The first kappa shape index (κ1) is 22.9. The topological polar surface area (TPSA) is 98.6 Å². The molecule has 180 valence electrons. The standard InChI is InChI=1S/C27H32N8/c1-3-25-22(19-5-6-20(17-28)23(29)15-19)16-24(27-30-9-10-35(25)27)32-26-8-7-21(18-31-26)34-13-11-33(4-2)12-14-34/h5-10,15-18,28H,3-4,11-14,29H2,1-2H3,(H,31,32). The van der Waals surface area contributed by atoms with Gasteiger partial charge in [-0.1, -0.05) is 26.0 Å². The fraction of sp³-hybridized carbons (Fsp3) is 0.296. The van der Waals surface area contributed by atoms with E-state index in [4.69, 9.17) is 16.1 Å². The third-order valence-electron chi connectivity index (χ3n) is 6.86. The minimum Gasteiger partial charge on any atom is -0.398 e. The number of hydrogen-bond donors (Lipinski definition) is 3. The van der Waals surface area contributed by atoms with Gasteiger partial charge in [0, 0.05) is 67.3 Å². The molecule has 0 bridgehead atoms. The number of imidazole rings is 1. The molecule has 4 aromatic rings. The molecule has 1 aromatic carbocycles. The number of piperazine rings is 1. The van der Waals surface area contributed by atoms with Crippen LogP contribution in [-0.2, 0) is 6.42 Å². The van der Waals surface area contributed by atoms with Gasteiger partial charge in [-0.05, 0) is 42.8 Å². The van der Waals surface area contributed by atoms with E-state index < -0.39 is 0 Å². The van der Waals surface area contributed by atoms with Crippen molar-refractivity contribution in [2.24, 2.45) is 0 Å². The molecule has 0 saturated carbocycles. The van der Waals surface area contributed by atoms with Gasteiger partial charge >= 0.3 is 0 Å². The van der Waals surface area contributed by atoms with Gasteiger partial charge < -0.3 is 30.7 Å². The molecule has 8 nitrogen and oxygen atoms in total. The van der Waals surface area contributed by atoms with Gasteiger partial charge in [-0.3, -0.25) is 0 Å². The van der Waals surface area contributed by atoms with Gasteiger partial charge in [-0.2, -0.15) is 0 Å². The Morgan fingerprint density at radius 3 is 2.54 bits per heavy atom. The highest BCUT2D eigenvalue weighted by Crippen LogP contribution is 2.33. The van der Waals surface area contributed by atoms with Crippen molar-refractivity contribution in [3.05, 3.63) is 66.2 Å². The van der Waals surface area contributed by atoms with Gasteiger partial charge in [0.1, 0.15) is 5.82 Å². The van der Waals surface area contributed by atoms with E-state index in [-0.39, 0.29) is 0 Å². The van der Waals surface area contributed by atoms with Crippen LogP contribution in [0.3, 0.4) is 0 Å². The minimum absolute atomic E-state index is 0.594. The van der Waals surface area contributed by atoms with E-state index in [1.165, 1.54) is 6.21 Å². The lowest BCUT2D eigenvalue weighted by molar-refractivity contribution is 0.271. The lowest BCUT2D eigenvalue weighted by atomic mass is 9.99. The molecular formula is C27H32N8. The summed E-state index contributed by atoms with van der Waals surface area (Å²) in [5, 5.41) is 11.0. The molecule has 0 aliphatic carbocycles. The predicted molar refractivity (Wildman–Crippen MR) is 144 cm³/mol. The van der Waals surface area contributed by atoms with E-state index in [2.05, 4.69) is 50.5 Å². The van der Waals surface area contributed by atoms with Crippen molar-refractivity contribution in [1.29, 1.82) is 5.41 Å². The second-order valence-electron chi connectivity index (χ2n) is 8.83. The van der Waals surface area contributed by atoms with Crippen molar-refractivity contribution in [2.75, 3.05) is 48.7 Å². The van der Waals surface area contributed by atoms with E-state index in [1.807, 2.05) is 42.9 Å². The maximum Gasteiger partial charge on any atom is 0.160 e. The zero-order valence-electron chi connectivity index (χ0n) is 20.3. The highest BCUT2D eigenvalue weighted by molar-refractivity contribution is 5.88. The number of fused-ring (bicyclic) bond motifs is 1. The van der Waals surface area contributed by atoms with Crippen molar-refractivity contribution in [2.45, 2.75) is 20.3 Å². The van der Waals surface area contributed by atoms with Crippen LogP contribution >= 0.6 is 0 Å². The van der Waals surface area contributed by atoms with E-state index >= 15 is 0 Å². The van der Waals surface area contributed by atoms with Crippen molar-refractivity contribution in [3.8, 4) is 11.1 Å². The van der Waals surface area contributed by atoms with Gasteiger partial charge in [0.25, 0.3) is 0 Å². The van der Waals surface area contributed by atoms with Gasteiger partial charge in [0.2, 0.25) is 0 Å². The first-order chi connectivity index (χ1) is 17.1. The van der Waals surface area contributed by atoms with Crippen molar-refractivity contribution in [3.63, 3.8) is 0 Å². The van der Waals surface area contributed by atoms with Crippen LogP contribution in [0.5, 0.6) is 0 Å². The van der Waals surface area contributed by atoms with Crippen molar-refractivity contribution < 1.29 is 0 Å². The molecule has 35 heavy (non-hydrogen) atoms. The summed E-state index contributed by atoms with van der Waals surface area (Å²) in [4.78, 5) is 14.2. The Kier molecular flexibility index (Phi) is 6.37. The molecule has 0 atom stereocenters. The number of nitrogens with one attached hydrogen (secondary N) is 2. The quantitative estimate of drug-likeness (QED) is 0.274. The number of hydrogen-bond acceptors (Lipinski definition) is 7. The smallest absolute Gasteiger partial charge is 0.160 e. The van der Waals surface area contributed by atoms with Crippen LogP contribution in [0.4, 0.5) is 22.9 Å². The molecule has 1 aliphatic heterocycles. The fourth-order valence-electron chi connectivity index (χ4n) is 4.83. The van der Waals surface area contributed by atoms with Crippen LogP contribution in [0, 0.1) is 5.41 Å². The van der Waals surface area contributed by atoms with E-state index in [0.717, 1.165) is 78.8 Å². The second kappa shape index (κ2) is 9.76. The fourth-order valence-corrected chi connectivity index (χ4v) is 4.83. The number of aryl methyl sites for hydroxylation is 1. The van der Waals surface area contributed by atoms with Crippen LogP contribution in [0.25, 0.3) is 16.8 Å². The second-order valence-corrected chi connectivity index (χ2v) is 8.83. The van der Waals surface area contributed by atoms with Gasteiger partial charge in [-0.25, -0.2) is 9.97 Å². The maximum atomic E-state index is 7.54. The molecule has 1 fully saturated rings. The molecule has 0 radical (unpaired) electrons. The summed E-state index contributed by atoms with van der Waals surface area (Å²) in [6.45, 7) is 9.69. The van der Waals surface area contributed by atoms with E-state index in [9.17, 15) is 0 Å². The molecule has 4 heterocycles. The number of aromatic nitrogens is 3. The molecule has 0 unspecified atom stereocenters. The summed E-state index contributed by atoms with van der Waals surface area (Å²) >= 11 is 0. The predicted octanol–water partition coefficient (Wildman–Crippen LogP) is 4.42. The summed E-state index contributed by atoms with van der Waals surface area (Å²) in [7, 11) is 0. The van der Waals surface area contributed by atoms with Gasteiger partial charge in [0.15, 0.2) is 5.65 Å². The van der Waals surface area contributed by atoms with Gasteiger partial charge in [0.05, 0.1) is 17.6 Å². The molecule has 0 amide bonds. The van der Waals surface area contributed by atoms with Gasteiger partial charge in [-0.15, -0.1) is 0 Å². The van der Waals surface area contributed by atoms with E-state index in [1.54, 1.807) is 0 Å². The van der Waals surface area contributed by atoms with Crippen LogP contribution < -0.4 is 16.0 Å². The minimum atomic E-state index is 0.594. The van der Waals surface area contributed by atoms with Crippen molar-refractivity contribution in [1.82, 2.24) is 19.3 Å². The molecule has 0 spiro atoms. The largest absolute Gasteiger partial charge is 0.398 e. The van der Waals surface area contributed by atoms with E-state index in [0.29, 0.717) is 11.3 Å². The normalized spacial score (nSPS) is 14.4. The first-order valence-corrected chi connectivity index (χ1v) is 12.2.